The van der Waals surface area contributed by atoms with E-state index in [4.69, 9.17) is 11.6 Å². The van der Waals surface area contributed by atoms with Crippen LogP contribution in [-0.4, -0.2) is 48.8 Å². The van der Waals surface area contributed by atoms with Crippen molar-refractivity contribution in [1.29, 1.82) is 0 Å². The number of benzene rings is 1. The van der Waals surface area contributed by atoms with E-state index in [1.54, 1.807) is 24.4 Å². The Hall–Kier alpha value is -1.85. The normalized spacial score (nSPS) is 11.0. The predicted octanol–water partition coefficient (Wildman–Crippen LogP) is 2.07. The lowest BCUT2D eigenvalue weighted by Crippen LogP contribution is -2.33. The first-order chi connectivity index (χ1) is 9.99. The van der Waals surface area contributed by atoms with Crippen molar-refractivity contribution in [3.05, 3.63) is 35.0 Å². The first kappa shape index (κ1) is 15.5. The van der Waals surface area contributed by atoms with Crippen molar-refractivity contribution in [1.82, 2.24) is 15.2 Å². The van der Waals surface area contributed by atoms with E-state index in [9.17, 15) is 9.59 Å². The summed E-state index contributed by atoms with van der Waals surface area (Å²) in [6, 6.07) is 5.19. The highest BCUT2D eigenvalue weighted by Crippen LogP contribution is 2.22. The Morgan fingerprint density at radius 3 is 2.81 bits per heavy atom. The highest BCUT2D eigenvalue weighted by Gasteiger charge is 2.19. The minimum atomic E-state index is -0.588. The van der Waals surface area contributed by atoms with Crippen molar-refractivity contribution in [2.75, 3.05) is 27.2 Å². The standard InChI is InChI=1S/C15H18ClN3O2/c1-19(2)7-3-6-17-15(21)14(20)12-9-18-13-5-4-10(16)8-11(12)13/h4-5,8-9,18H,3,6-7H2,1-2H3,(H,17,21). The number of Topliss-reactive ketones (excluding diaryl/α,β-unsaturated/α-hetero) is 1. The fraction of sp³-hybridized carbons (Fsp3) is 0.333. The van der Waals surface area contributed by atoms with Gasteiger partial charge in [-0.15, -0.1) is 0 Å². The number of rotatable bonds is 6. The molecule has 0 atom stereocenters. The van der Waals surface area contributed by atoms with Gasteiger partial charge in [-0.05, 0) is 45.3 Å². The largest absolute Gasteiger partial charge is 0.360 e. The smallest absolute Gasteiger partial charge is 0.292 e. The number of ketones is 1. The molecule has 21 heavy (non-hydrogen) atoms. The van der Waals surface area contributed by atoms with E-state index in [2.05, 4.69) is 10.3 Å². The van der Waals surface area contributed by atoms with E-state index in [0.717, 1.165) is 18.5 Å². The fourth-order valence-corrected chi connectivity index (χ4v) is 2.25. The Morgan fingerprint density at radius 1 is 1.33 bits per heavy atom. The van der Waals surface area contributed by atoms with Crippen molar-refractivity contribution < 1.29 is 9.59 Å². The van der Waals surface area contributed by atoms with Crippen LogP contribution in [0, 0.1) is 0 Å². The van der Waals surface area contributed by atoms with Crippen LogP contribution in [0.5, 0.6) is 0 Å². The Morgan fingerprint density at radius 2 is 2.10 bits per heavy atom. The van der Waals surface area contributed by atoms with Gasteiger partial charge in [0.15, 0.2) is 0 Å². The number of aromatic amines is 1. The molecule has 0 bridgehead atoms. The average molecular weight is 308 g/mol. The lowest BCUT2D eigenvalue weighted by Gasteiger charge is -2.09. The molecule has 1 amide bonds. The Labute approximate surface area is 128 Å². The fourth-order valence-electron chi connectivity index (χ4n) is 2.08. The zero-order chi connectivity index (χ0) is 15.4. The van der Waals surface area contributed by atoms with Gasteiger partial charge in [0.1, 0.15) is 0 Å². The summed E-state index contributed by atoms with van der Waals surface area (Å²) in [6.45, 7) is 1.34. The van der Waals surface area contributed by atoms with Gasteiger partial charge in [0.2, 0.25) is 0 Å². The molecule has 0 saturated carbocycles. The van der Waals surface area contributed by atoms with E-state index in [0.29, 0.717) is 22.5 Å². The number of halogens is 1. The molecule has 2 N–H and O–H groups in total. The highest BCUT2D eigenvalue weighted by atomic mass is 35.5. The molecule has 0 fully saturated rings. The van der Waals surface area contributed by atoms with Crippen LogP contribution in [0.2, 0.25) is 5.02 Å². The Balaban J connectivity index is 2.04. The monoisotopic (exact) mass is 307 g/mol. The minimum absolute atomic E-state index is 0.345. The van der Waals surface area contributed by atoms with E-state index < -0.39 is 11.7 Å². The molecule has 0 saturated heterocycles. The molecule has 2 rings (SSSR count). The number of fused-ring (bicyclic) bond motifs is 1. The van der Waals surface area contributed by atoms with Crippen molar-refractivity contribution in [3.63, 3.8) is 0 Å². The van der Waals surface area contributed by atoms with Gasteiger partial charge in [0, 0.05) is 28.7 Å². The summed E-state index contributed by atoms with van der Waals surface area (Å²) in [5.41, 5.74) is 1.13. The third-order valence-electron chi connectivity index (χ3n) is 3.16. The molecular formula is C15H18ClN3O2. The number of nitrogens with one attached hydrogen (secondary N) is 2. The molecule has 1 aromatic carbocycles. The van der Waals surface area contributed by atoms with Crippen LogP contribution in [0.3, 0.4) is 0 Å². The van der Waals surface area contributed by atoms with Crippen molar-refractivity contribution >= 4 is 34.2 Å². The Bertz CT molecular complexity index is 664. The van der Waals surface area contributed by atoms with Crippen LogP contribution >= 0.6 is 11.6 Å². The molecule has 0 unspecified atom stereocenters. The first-order valence-electron chi connectivity index (χ1n) is 6.73. The number of nitrogens with zero attached hydrogens (tertiary/aromatic N) is 1. The maximum atomic E-state index is 12.2. The molecule has 2 aromatic rings. The summed E-state index contributed by atoms with van der Waals surface area (Å²) >= 11 is 5.93. The summed E-state index contributed by atoms with van der Waals surface area (Å²) in [6.07, 6.45) is 2.34. The summed E-state index contributed by atoms with van der Waals surface area (Å²) in [5.74, 6) is -1.14. The Kier molecular flexibility index (Phi) is 4.98. The summed E-state index contributed by atoms with van der Waals surface area (Å²) in [7, 11) is 3.92. The van der Waals surface area contributed by atoms with Crippen LogP contribution in [-0.2, 0) is 4.79 Å². The van der Waals surface area contributed by atoms with Gasteiger partial charge >= 0.3 is 0 Å². The summed E-state index contributed by atoms with van der Waals surface area (Å²) in [5, 5.41) is 3.84. The topological polar surface area (TPSA) is 65.2 Å². The average Bonchev–Trinajstić information content (AvgIpc) is 2.85. The van der Waals surface area contributed by atoms with Crippen molar-refractivity contribution in [3.8, 4) is 0 Å². The second kappa shape index (κ2) is 6.74. The number of carbonyl (C=O) groups excluding carboxylic acids is 2. The molecule has 1 aromatic heterocycles. The van der Waals surface area contributed by atoms with Crippen LogP contribution in [0.1, 0.15) is 16.8 Å². The quantitative estimate of drug-likeness (QED) is 0.488. The molecule has 0 aliphatic carbocycles. The van der Waals surface area contributed by atoms with Crippen molar-refractivity contribution in [2.24, 2.45) is 0 Å². The number of aromatic nitrogens is 1. The predicted molar refractivity (Wildman–Crippen MR) is 83.8 cm³/mol. The third-order valence-corrected chi connectivity index (χ3v) is 3.40. The number of hydrogen-bond donors (Lipinski definition) is 2. The van der Waals surface area contributed by atoms with Gasteiger partial charge in [-0.1, -0.05) is 11.6 Å². The van der Waals surface area contributed by atoms with E-state index in [-0.39, 0.29) is 0 Å². The van der Waals surface area contributed by atoms with Gasteiger partial charge in [0.25, 0.3) is 11.7 Å². The molecule has 0 aliphatic heterocycles. The lowest BCUT2D eigenvalue weighted by molar-refractivity contribution is -0.117. The van der Waals surface area contributed by atoms with Crippen LogP contribution in [0.4, 0.5) is 0 Å². The number of hydrogen-bond acceptors (Lipinski definition) is 3. The summed E-state index contributed by atoms with van der Waals surface area (Å²) in [4.78, 5) is 29.1. The molecule has 0 radical (unpaired) electrons. The van der Waals surface area contributed by atoms with Gasteiger partial charge in [-0.25, -0.2) is 0 Å². The van der Waals surface area contributed by atoms with E-state index >= 15 is 0 Å². The van der Waals surface area contributed by atoms with E-state index in [1.165, 1.54) is 0 Å². The molecule has 0 aliphatic rings. The molecular weight excluding hydrogens is 290 g/mol. The van der Waals surface area contributed by atoms with Crippen LogP contribution in [0.15, 0.2) is 24.4 Å². The lowest BCUT2D eigenvalue weighted by atomic mass is 10.1. The van der Waals surface area contributed by atoms with Crippen LogP contribution in [0.25, 0.3) is 10.9 Å². The molecule has 112 valence electrons. The van der Waals surface area contributed by atoms with E-state index in [1.807, 2.05) is 19.0 Å². The van der Waals surface area contributed by atoms with Gasteiger partial charge in [-0.3, -0.25) is 9.59 Å². The zero-order valence-corrected chi connectivity index (χ0v) is 12.8. The molecule has 5 nitrogen and oxygen atoms in total. The molecule has 1 heterocycles. The highest BCUT2D eigenvalue weighted by molar-refractivity contribution is 6.45. The summed E-state index contributed by atoms with van der Waals surface area (Å²) < 4.78 is 0. The van der Waals surface area contributed by atoms with Gasteiger partial charge in [-0.2, -0.15) is 0 Å². The number of H-pyrrole nitrogens is 1. The minimum Gasteiger partial charge on any atom is -0.360 e. The SMILES string of the molecule is CN(C)CCCNC(=O)C(=O)c1c[nH]c2ccc(Cl)cc12. The van der Waals surface area contributed by atoms with Crippen LogP contribution < -0.4 is 5.32 Å². The molecule has 0 spiro atoms. The zero-order valence-electron chi connectivity index (χ0n) is 12.1. The third kappa shape index (κ3) is 3.83. The van der Waals surface area contributed by atoms with Gasteiger partial charge < -0.3 is 15.2 Å². The number of carbonyl (C=O) groups is 2. The molecule has 6 heteroatoms. The first-order valence-corrected chi connectivity index (χ1v) is 7.10. The maximum absolute atomic E-state index is 12.2. The maximum Gasteiger partial charge on any atom is 0.292 e. The second-order valence-corrected chi connectivity index (χ2v) is 5.57. The number of amides is 1. The van der Waals surface area contributed by atoms with Gasteiger partial charge in [0.05, 0.1) is 5.56 Å². The second-order valence-electron chi connectivity index (χ2n) is 5.13. The van der Waals surface area contributed by atoms with Crippen molar-refractivity contribution in [2.45, 2.75) is 6.42 Å².